The highest BCUT2D eigenvalue weighted by Crippen LogP contribution is 2.36. The monoisotopic (exact) mass is 353 g/mol. The molecular weight excluding hydrogens is 333 g/mol. The number of ether oxygens (including phenoxy) is 1. The van der Waals surface area contributed by atoms with Crippen LogP contribution in [0.25, 0.3) is 11.0 Å². The lowest BCUT2D eigenvalue weighted by molar-refractivity contribution is 0.0871. The summed E-state index contributed by atoms with van der Waals surface area (Å²) in [5, 5.41) is 0.944. The first-order valence-corrected chi connectivity index (χ1v) is 8.74. The van der Waals surface area contributed by atoms with E-state index < -0.39 is 0 Å². The largest absolute Gasteiger partial charge is 0.477 e. The molecule has 26 heavy (non-hydrogen) atoms. The van der Waals surface area contributed by atoms with Gasteiger partial charge in [0.15, 0.2) is 0 Å². The Kier molecular flexibility index (Phi) is 4.24. The van der Waals surface area contributed by atoms with Gasteiger partial charge in [0.05, 0.1) is 0 Å². The van der Waals surface area contributed by atoms with E-state index in [0.29, 0.717) is 31.0 Å². The Morgan fingerprint density at radius 1 is 1.19 bits per heavy atom. The normalized spacial score (nSPS) is 14.3. The molecule has 1 aliphatic rings. The lowest BCUT2D eigenvalue weighted by atomic mass is 9.99. The summed E-state index contributed by atoms with van der Waals surface area (Å²) in [6, 6.07) is 10.4. The van der Waals surface area contributed by atoms with Gasteiger partial charge in [-0.25, -0.2) is 9.18 Å². The van der Waals surface area contributed by atoms with E-state index in [1.165, 1.54) is 6.07 Å². The fourth-order valence-corrected chi connectivity index (χ4v) is 3.59. The zero-order chi connectivity index (χ0) is 18.3. The molecule has 1 aliphatic heterocycles. The molecule has 0 aliphatic carbocycles. The number of rotatable bonds is 3. The van der Waals surface area contributed by atoms with Crippen LogP contribution in [0, 0.1) is 12.7 Å². The Balaban J connectivity index is 1.73. The van der Waals surface area contributed by atoms with Crippen LogP contribution < -0.4 is 10.4 Å². The Bertz CT molecular complexity index is 1040. The molecule has 4 nitrogen and oxygen atoms in total. The average molecular weight is 353 g/mol. The molecule has 0 unspecified atom stereocenters. The van der Waals surface area contributed by atoms with Crippen molar-refractivity contribution < 1.29 is 13.5 Å². The first-order chi connectivity index (χ1) is 12.6. The van der Waals surface area contributed by atoms with E-state index in [9.17, 15) is 9.18 Å². The van der Waals surface area contributed by atoms with Crippen LogP contribution in [0.2, 0.25) is 0 Å². The molecule has 0 saturated heterocycles. The smallest absolute Gasteiger partial charge is 0.336 e. The van der Waals surface area contributed by atoms with Gasteiger partial charge in [-0.1, -0.05) is 25.1 Å². The van der Waals surface area contributed by atoms with Gasteiger partial charge < -0.3 is 9.15 Å². The highest BCUT2D eigenvalue weighted by Gasteiger charge is 2.23. The van der Waals surface area contributed by atoms with Crippen LogP contribution >= 0.6 is 0 Å². The highest BCUT2D eigenvalue weighted by atomic mass is 19.1. The van der Waals surface area contributed by atoms with Crippen LogP contribution in [0.3, 0.4) is 0 Å². The minimum absolute atomic E-state index is 0.206. The summed E-state index contributed by atoms with van der Waals surface area (Å²) in [6.45, 7) is 5.43. The molecule has 1 aromatic heterocycles. The van der Waals surface area contributed by atoms with Gasteiger partial charge in [-0.05, 0) is 31.0 Å². The van der Waals surface area contributed by atoms with Crippen molar-refractivity contribution in [2.75, 3.05) is 6.73 Å². The number of halogens is 1. The summed E-state index contributed by atoms with van der Waals surface area (Å²) in [5.74, 6) is 0.557. The van der Waals surface area contributed by atoms with Gasteiger partial charge in [0.2, 0.25) is 0 Å². The number of benzene rings is 2. The topological polar surface area (TPSA) is 42.7 Å². The maximum atomic E-state index is 13.9. The van der Waals surface area contributed by atoms with E-state index in [0.717, 1.165) is 34.2 Å². The molecule has 134 valence electrons. The van der Waals surface area contributed by atoms with Crippen LogP contribution in [0.4, 0.5) is 4.39 Å². The SMILES string of the molecule is CCc1cc(=O)oc2c(C)c3c(cc12)CN(Cc1ccccc1F)CO3. The van der Waals surface area contributed by atoms with E-state index in [1.807, 2.05) is 26.0 Å². The van der Waals surface area contributed by atoms with Crippen LogP contribution in [0.5, 0.6) is 5.75 Å². The zero-order valence-electron chi connectivity index (χ0n) is 14.8. The van der Waals surface area contributed by atoms with E-state index in [2.05, 4.69) is 4.90 Å². The van der Waals surface area contributed by atoms with E-state index >= 15 is 0 Å². The standard InChI is InChI=1S/C21H20FNO3/c1-3-14-9-19(24)26-21-13(2)20-16(8-17(14)21)11-23(12-25-20)10-15-6-4-5-7-18(15)22/h4-9H,3,10-12H2,1-2H3. The lowest BCUT2D eigenvalue weighted by Gasteiger charge is -2.30. The van der Waals surface area contributed by atoms with Gasteiger partial charge in [-0.2, -0.15) is 0 Å². The Morgan fingerprint density at radius 3 is 2.77 bits per heavy atom. The molecule has 2 aromatic carbocycles. The third-order valence-corrected chi connectivity index (χ3v) is 4.89. The van der Waals surface area contributed by atoms with Gasteiger partial charge in [-0.15, -0.1) is 0 Å². The van der Waals surface area contributed by atoms with E-state index in [-0.39, 0.29) is 11.4 Å². The molecule has 0 spiro atoms. The quantitative estimate of drug-likeness (QED) is 0.663. The maximum Gasteiger partial charge on any atom is 0.336 e. The maximum absolute atomic E-state index is 13.9. The molecule has 3 aromatic rings. The number of aryl methyl sites for hydroxylation is 2. The van der Waals surface area contributed by atoms with Gasteiger partial charge in [0, 0.05) is 41.2 Å². The summed E-state index contributed by atoms with van der Waals surface area (Å²) >= 11 is 0. The predicted octanol–water partition coefficient (Wildman–Crippen LogP) is 4.16. The summed E-state index contributed by atoms with van der Waals surface area (Å²) < 4.78 is 25.3. The molecule has 0 bridgehead atoms. The third-order valence-electron chi connectivity index (χ3n) is 4.89. The van der Waals surface area contributed by atoms with Crippen molar-refractivity contribution in [1.82, 2.24) is 4.90 Å². The molecule has 0 radical (unpaired) electrons. The molecule has 0 fully saturated rings. The number of hydrogen-bond donors (Lipinski definition) is 0. The van der Waals surface area contributed by atoms with Crippen LogP contribution in [0.15, 0.2) is 45.6 Å². The Hall–Kier alpha value is -2.66. The molecule has 0 amide bonds. The van der Waals surface area contributed by atoms with Gasteiger partial charge in [0.1, 0.15) is 23.9 Å². The summed E-state index contributed by atoms with van der Waals surface area (Å²) in [4.78, 5) is 13.9. The van der Waals surface area contributed by atoms with Crippen molar-refractivity contribution in [3.8, 4) is 5.75 Å². The Morgan fingerprint density at radius 2 is 2.00 bits per heavy atom. The second-order valence-corrected chi connectivity index (χ2v) is 6.66. The van der Waals surface area contributed by atoms with Crippen LogP contribution in [-0.4, -0.2) is 11.6 Å². The highest BCUT2D eigenvalue weighted by molar-refractivity contribution is 5.86. The van der Waals surface area contributed by atoms with Crippen LogP contribution in [-0.2, 0) is 19.5 Å². The lowest BCUT2D eigenvalue weighted by Crippen LogP contribution is -2.32. The van der Waals surface area contributed by atoms with Crippen molar-refractivity contribution >= 4 is 11.0 Å². The van der Waals surface area contributed by atoms with Crippen molar-refractivity contribution in [1.29, 1.82) is 0 Å². The van der Waals surface area contributed by atoms with Crippen molar-refractivity contribution in [2.45, 2.75) is 33.4 Å². The van der Waals surface area contributed by atoms with Crippen molar-refractivity contribution in [3.05, 3.63) is 74.9 Å². The molecule has 0 N–H and O–H groups in total. The fourth-order valence-electron chi connectivity index (χ4n) is 3.59. The summed E-state index contributed by atoms with van der Waals surface area (Å²) in [6.07, 6.45) is 0.750. The first-order valence-electron chi connectivity index (χ1n) is 8.74. The fraction of sp³-hybridized carbons (Fsp3) is 0.286. The Labute approximate surface area is 150 Å². The number of fused-ring (bicyclic) bond motifs is 2. The van der Waals surface area contributed by atoms with Gasteiger partial charge in [-0.3, -0.25) is 4.90 Å². The van der Waals surface area contributed by atoms with Crippen molar-refractivity contribution in [2.24, 2.45) is 0 Å². The first kappa shape index (κ1) is 16.8. The average Bonchev–Trinajstić information content (AvgIpc) is 2.64. The van der Waals surface area contributed by atoms with E-state index in [4.69, 9.17) is 9.15 Å². The second kappa shape index (κ2) is 6.57. The minimum Gasteiger partial charge on any atom is -0.477 e. The van der Waals surface area contributed by atoms with Crippen LogP contribution in [0.1, 0.15) is 29.2 Å². The summed E-state index contributed by atoms with van der Waals surface area (Å²) in [7, 11) is 0. The number of nitrogens with zero attached hydrogens (tertiary/aromatic N) is 1. The van der Waals surface area contributed by atoms with Gasteiger partial charge in [0.25, 0.3) is 0 Å². The molecule has 2 heterocycles. The molecular formula is C21H20FNO3. The minimum atomic E-state index is -0.339. The van der Waals surface area contributed by atoms with E-state index in [1.54, 1.807) is 18.2 Å². The second-order valence-electron chi connectivity index (χ2n) is 6.66. The van der Waals surface area contributed by atoms with Gasteiger partial charge >= 0.3 is 5.63 Å². The molecule has 0 saturated carbocycles. The number of hydrogen-bond acceptors (Lipinski definition) is 4. The summed E-state index contributed by atoms with van der Waals surface area (Å²) in [5.41, 5.74) is 3.74. The molecule has 5 heteroatoms. The molecule has 0 atom stereocenters. The third kappa shape index (κ3) is 2.88. The molecule has 4 rings (SSSR count). The zero-order valence-corrected chi connectivity index (χ0v) is 14.8. The van der Waals surface area contributed by atoms with Crippen molar-refractivity contribution in [3.63, 3.8) is 0 Å². The predicted molar refractivity (Wildman–Crippen MR) is 97.7 cm³/mol.